The van der Waals surface area contributed by atoms with E-state index in [1.807, 2.05) is 19.1 Å². The maximum absolute atomic E-state index is 12.9. The number of hydrogen-bond donors (Lipinski definition) is 0. The van der Waals surface area contributed by atoms with Crippen molar-refractivity contribution in [3.63, 3.8) is 0 Å². The minimum absolute atomic E-state index is 0.124. The Hall–Kier alpha value is -3.06. The molecule has 0 saturated carbocycles. The van der Waals surface area contributed by atoms with E-state index in [0.717, 1.165) is 16.9 Å². The fourth-order valence-electron chi connectivity index (χ4n) is 3.72. The Morgan fingerprint density at radius 1 is 0.737 bits per heavy atom. The lowest BCUT2D eigenvalue weighted by Gasteiger charge is -2.30. The van der Waals surface area contributed by atoms with Crippen LogP contribution in [0.1, 0.15) is 90.7 Å². The van der Waals surface area contributed by atoms with Gasteiger partial charge in [0.05, 0.1) is 6.61 Å². The van der Waals surface area contributed by atoms with Crippen molar-refractivity contribution in [3.8, 4) is 17.2 Å². The largest absolute Gasteiger partial charge is 0.485 e. The van der Waals surface area contributed by atoms with Crippen molar-refractivity contribution >= 4 is 11.8 Å². The van der Waals surface area contributed by atoms with Crippen molar-refractivity contribution in [2.24, 2.45) is 0 Å². The second kappa shape index (κ2) is 12.7. The minimum atomic E-state index is -1.14. The van der Waals surface area contributed by atoms with E-state index >= 15 is 0 Å². The molecule has 2 aromatic rings. The lowest BCUT2D eigenvalue weighted by molar-refractivity contribution is -0.158. The summed E-state index contributed by atoms with van der Waals surface area (Å²) in [5.41, 5.74) is 0.861. The van der Waals surface area contributed by atoms with Crippen LogP contribution < -0.4 is 14.2 Å². The van der Waals surface area contributed by atoms with E-state index in [1.165, 1.54) is 0 Å². The van der Waals surface area contributed by atoms with Crippen LogP contribution in [0.3, 0.4) is 0 Å². The number of carbonyl (C=O) groups is 2. The van der Waals surface area contributed by atoms with Crippen LogP contribution in [0, 0.1) is 0 Å². The highest BCUT2D eigenvalue weighted by Gasteiger charge is 2.32. The highest BCUT2D eigenvalue weighted by atomic mass is 16.7. The zero-order chi connectivity index (χ0) is 28.7. The van der Waals surface area contributed by atoms with E-state index in [4.69, 9.17) is 23.7 Å². The number of benzene rings is 2. The molecule has 7 nitrogen and oxygen atoms in total. The summed E-state index contributed by atoms with van der Waals surface area (Å²) in [6.07, 6.45) is 0. The number of hydrogen-bond acceptors (Lipinski definition) is 7. The van der Waals surface area contributed by atoms with E-state index in [9.17, 15) is 9.59 Å². The Bertz CT molecular complexity index is 1050. The van der Waals surface area contributed by atoms with Crippen molar-refractivity contribution < 1.29 is 33.3 Å². The molecule has 0 aromatic heterocycles. The fourth-order valence-corrected chi connectivity index (χ4v) is 3.72. The van der Waals surface area contributed by atoms with Gasteiger partial charge in [-0.3, -0.25) is 4.79 Å². The van der Waals surface area contributed by atoms with Crippen molar-refractivity contribution in [1.29, 1.82) is 0 Å². The molecule has 0 fully saturated rings. The molecule has 38 heavy (non-hydrogen) atoms. The number of Topliss-reactive ketones (excluding diaryl/α,β-unsaturated/α-hetero) is 1. The van der Waals surface area contributed by atoms with E-state index in [0.29, 0.717) is 23.7 Å². The lowest BCUT2D eigenvalue weighted by Crippen LogP contribution is -2.39. The van der Waals surface area contributed by atoms with Gasteiger partial charge in [0.1, 0.15) is 17.2 Å². The molecule has 0 aliphatic rings. The molecule has 0 atom stereocenters. The van der Waals surface area contributed by atoms with Gasteiger partial charge in [-0.25, -0.2) is 4.79 Å². The van der Waals surface area contributed by atoms with E-state index in [1.54, 1.807) is 45.0 Å². The minimum Gasteiger partial charge on any atom is -0.485 e. The molecule has 0 bridgehead atoms. The Morgan fingerprint density at radius 3 is 1.76 bits per heavy atom. The van der Waals surface area contributed by atoms with Gasteiger partial charge in [-0.1, -0.05) is 41.5 Å². The second-order valence-corrected chi connectivity index (χ2v) is 11.7. The molecular weight excluding hydrogens is 484 g/mol. The molecule has 2 rings (SSSR count). The molecule has 0 aliphatic heterocycles. The number of esters is 1. The zero-order valence-corrected chi connectivity index (χ0v) is 24.7. The molecule has 210 valence electrons. The van der Waals surface area contributed by atoms with Gasteiger partial charge < -0.3 is 23.7 Å². The Balaban J connectivity index is 2.23. The Labute approximate surface area is 227 Å². The average molecular weight is 529 g/mol. The summed E-state index contributed by atoms with van der Waals surface area (Å²) in [7, 11) is 0. The molecule has 0 amide bonds. The lowest BCUT2D eigenvalue weighted by atomic mass is 9.79. The van der Waals surface area contributed by atoms with Crippen molar-refractivity contribution in [2.75, 3.05) is 26.6 Å². The summed E-state index contributed by atoms with van der Waals surface area (Å²) >= 11 is 0. The van der Waals surface area contributed by atoms with Crippen LogP contribution in [0.25, 0.3) is 0 Å². The third-order valence-corrected chi connectivity index (χ3v) is 5.86. The predicted molar refractivity (Wildman–Crippen MR) is 149 cm³/mol. The third-order valence-electron chi connectivity index (χ3n) is 5.86. The van der Waals surface area contributed by atoms with Gasteiger partial charge in [0, 0.05) is 23.3 Å². The number of carbonyl (C=O) groups excluding carboxylic acids is 2. The standard InChI is InChI=1S/C31H44O7/c1-11-34-20-37-27-24(29(3,4)5)17-23(18-25(27)30(6,7)8)36-19-26(32)21-13-15-22(16-14-21)38-31(9,10)28(33)35-12-2/h13-18H,11-12,19-20H2,1-10H3. The summed E-state index contributed by atoms with van der Waals surface area (Å²) in [6, 6.07) is 10.5. The predicted octanol–water partition coefficient (Wildman–Crippen LogP) is 6.64. The van der Waals surface area contributed by atoms with Crippen LogP contribution in [-0.2, 0) is 25.1 Å². The van der Waals surface area contributed by atoms with E-state index in [-0.39, 0.29) is 36.6 Å². The molecule has 0 spiro atoms. The van der Waals surface area contributed by atoms with Gasteiger partial charge in [-0.2, -0.15) is 0 Å². The summed E-state index contributed by atoms with van der Waals surface area (Å²) in [5.74, 6) is 1.24. The normalized spacial score (nSPS) is 12.2. The number of rotatable bonds is 12. The first-order valence-corrected chi connectivity index (χ1v) is 13.1. The molecule has 0 saturated heterocycles. The SMILES string of the molecule is CCOCOc1c(C(C)(C)C)cc(OCC(=O)c2ccc(OC(C)(C)C(=O)OCC)cc2)cc1C(C)(C)C. The second-order valence-electron chi connectivity index (χ2n) is 11.7. The maximum atomic E-state index is 12.9. The summed E-state index contributed by atoms with van der Waals surface area (Å²) in [6.45, 7) is 20.5. The Morgan fingerprint density at radius 2 is 1.29 bits per heavy atom. The van der Waals surface area contributed by atoms with Gasteiger partial charge >= 0.3 is 5.97 Å². The topological polar surface area (TPSA) is 80.3 Å². The first-order chi connectivity index (χ1) is 17.6. The molecule has 0 heterocycles. The smallest absolute Gasteiger partial charge is 0.349 e. The first-order valence-electron chi connectivity index (χ1n) is 13.1. The summed E-state index contributed by atoms with van der Waals surface area (Å²) in [5, 5.41) is 0. The average Bonchev–Trinajstić information content (AvgIpc) is 2.82. The van der Waals surface area contributed by atoms with E-state index in [2.05, 4.69) is 41.5 Å². The number of ether oxygens (including phenoxy) is 5. The first kappa shape index (κ1) is 31.2. The molecule has 0 radical (unpaired) electrons. The highest BCUT2D eigenvalue weighted by molar-refractivity contribution is 5.97. The molecule has 0 unspecified atom stereocenters. The van der Waals surface area contributed by atoms with Crippen molar-refractivity contribution in [2.45, 2.75) is 85.7 Å². The van der Waals surface area contributed by atoms with E-state index < -0.39 is 11.6 Å². The molecular formula is C31H44O7. The fraction of sp³-hybridized carbons (Fsp3) is 0.548. The van der Waals surface area contributed by atoms with Gasteiger partial charge in [0.2, 0.25) is 0 Å². The molecule has 7 heteroatoms. The number of ketones is 1. The van der Waals surface area contributed by atoms with Gasteiger partial charge in [-0.05, 0) is 74.9 Å². The van der Waals surface area contributed by atoms with Crippen LogP contribution in [-0.4, -0.2) is 44.0 Å². The maximum Gasteiger partial charge on any atom is 0.349 e. The Kier molecular flexibility index (Phi) is 10.4. The van der Waals surface area contributed by atoms with Gasteiger partial charge in [0.15, 0.2) is 24.8 Å². The quantitative estimate of drug-likeness (QED) is 0.132. The van der Waals surface area contributed by atoms with Crippen molar-refractivity contribution in [3.05, 3.63) is 53.1 Å². The molecule has 0 aliphatic carbocycles. The highest BCUT2D eigenvalue weighted by Crippen LogP contribution is 2.42. The summed E-state index contributed by atoms with van der Waals surface area (Å²) < 4.78 is 28.4. The monoisotopic (exact) mass is 528 g/mol. The molecule has 0 N–H and O–H groups in total. The summed E-state index contributed by atoms with van der Waals surface area (Å²) in [4.78, 5) is 25.0. The van der Waals surface area contributed by atoms with Crippen LogP contribution in [0.15, 0.2) is 36.4 Å². The van der Waals surface area contributed by atoms with Crippen LogP contribution in [0.4, 0.5) is 0 Å². The van der Waals surface area contributed by atoms with Crippen LogP contribution >= 0.6 is 0 Å². The van der Waals surface area contributed by atoms with Gasteiger partial charge in [-0.15, -0.1) is 0 Å². The third kappa shape index (κ3) is 8.48. The van der Waals surface area contributed by atoms with Crippen LogP contribution in [0.2, 0.25) is 0 Å². The zero-order valence-electron chi connectivity index (χ0n) is 24.7. The molecule has 2 aromatic carbocycles. The van der Waals surface area contributed by atoms with Gasteiger partial charge in [0.25, 0.3) is 0 Å². The van der Waals surface area contributed by atoms with Crippen LogP contribution in [0.5, 0.6) is 17.2 Å². The van der Waals surface area contributed by atoms with Crippen molar-refractivity contribution in [1.82, 2.24) is 0 Å².